The van der Waals surface area contributed by atoms with Gasteiger partial charge in [0.15, 0.2) is 0 Å². The van der Waals surface area contributed by atoms with Gasteiger partial charge in [-0.15, -0.1) is 22.6 Å². The van der Waals surface area contributed by atoms with Crippen LogP contribution in [0.3, 0.4) is 0 Å². The van der Waals surface area contributed by atoms with Crippen molar-refractivity contribution in [3.63, 3.8) is 0 Å². The molecule has 1 saturated heterocycles. The summed E-state index contributed by atoms with van der Waals surface area (Å²) in [7, 11) is 0. The first-order valence-electron chi connectivity index (χ1n) is 6.77. The minimum atomic E-state index is -4.53. The van der Waals surface area contributed by atoms with Crippen molar-refractivity contribution in [3.05, 3.63) is 5.01 Å². The largest absolute Gasteiger partial charge is 0.445 e. The van der Waals surface area contributed by atoms with Gasteiger partial charge in [-0.2, -0.15) is 13.2 Å². The molecule has 1 fully saturated rings. The maximum Gasteiger partial charge on any atom is 0.445 e. The average Bonchev–Trinajstić information content (AvgIpc) is 2.88. The summed E-state index contributed by atoms with van der Waals surface area (Å²) in [4.78, 5) is 11.9. The van der Waals surface area contributed by atoms with E-state index in [9.17, 15) is 18.0 Å². The van der Waals surface area contributed by atoms with Crippen molar-refractivity contribution in [2.24, 2.45) is 11.8 Å². The number of alkyl halides is 3. The standard InChI is InChI=1S/C12H17F3N4OS.ClH/c1-7(8-3-2-4-16-6-8)5-9(20)17-11-19-18-10(21-11)12(13,14)15;/h7-8,16H,2-6H2,1H3,(H,17,19,20);1H. The quantitative estimate of drug-likeness (QED) is 0.868. The lowest BCUT2D eigenvalue weighted by atomic mass is 9.85. The van der Waals surface area contributed by atoms with Crippen LogP contribution in [-0.4, -0.2) is 29.2 Å². The van der Waals surface area contributed by atoms with E-state index in [4.69, 9.17) is 0 Å². The molecule has 0 aromatic carbocycles. The fraction of sp³-hybridized carbons (Fsp3) is 0.750. The van der Waals surface area contributed by atoms with Gasteiger partial charge in [-0.3, -0.25) is 4.79 Å². The van der Waals surface area contributed by atoms with Crippen molar-refractivity contribution in [2.75, 3.05) is 18.4 Å². The van der Waals surface area contributed by atoms with Crippen LogP contribution in [0, 0.1) is 11.8 Å². The lowest BCUT2D eigenvalue weighted by Gasteiger charge is -2.27. The molecule has 126 valence electrons. The molecule has 10 heteroatoms. The average molecular weight is 359 g/mol. The predicted octanol–water partition coefficient (Wildman–Crippen LogP) is 2.94. The van der Waals surface area contributed by atoms with E-state index in [0.717, 1.165) is 25.9 Å². The number of nitrogens with one attached hydrogen (secondary N) is 2. The highest BCUT2D eigenvalue weighted by Gasteiger charge is 2.35. The Balaban J connectivity index is 0.00000242. The number of carbonyl (C=O) groups is 1. The summed E-state index contributed by atoms with van der Waals surface area (Å²) in [6.45, 7) is 3.87. The minimum Gasteiger partial charge on any atom is -0.316 e. The van der Waals surface area contributed by atoms with Crippen LogP contribution in [0.1, 0.15) is 31.2 Å². The zero-order valence-electron chi connectivity index (χ0n) is 11.9. The number of carbonyl (C=O) groups excluding carboxylic acids is 1. The lowest BCUT2D eigenvalue weighted by Crippen LogP contribution is -2.34. The predicted molar refractivity (Wildman–Crippen MR) is 80.2 cm³/mol. The Bertz CT molecular complexity index is 491. The molecule has 1 aromatic rings. The van der Waals surface area contributed by atoms with Gasteiger partial charge < -0.3 is 10.6 Å². The van der Waals surface area contributed by atoms with Gasteiger partial charge in [0.2, 0.25) is 16.0 Å². The number of anilines is 1. The van der Waals surface area contributed by atoms with Gasteiger partial charge in [-0.05, 0) is 37.8 Å². The monoisotopic (exact) mass is 358 g/mol. The Hall–Kier alpha value is -0.930. The Kier molecular flexibility index (Phi) is 7.01. The molecule has 2 rings (SSSR count). The molecule has 0 spiro atoms. The van der Waals surface area contributed by atoms with Gasteiger partial charge in [0.1, 0.15) is 0 Å². The van der Waals surface area contributed by atoms with Crippen molar-refractivity contribution >= 4 is 34.8 Å². The summed E-state index contributed by atoms with van der Waals surface area (Å²) in [6.07, 6.45) is -2.10. The first-order chi connectivity index (χ1) is 9.86. The molecule has 2 atom stereocenters. The molecule has 0 saturated carbocycles. The number of nitrogens with zero attached hydrogens (tertiary/aromatic N) is 2. The maximum atomic E-state index is 12.4. The Labute approximate surface area is 136 Å². The van der Waals surface area contributed by atoms with E-state index in [1.165, 1.54) is 0 Å². The van der Waals surface area contributed by atoms with Crippen LogP contribution in [0.25, 0.3) is 0 Å². The maximum absolute atomic E-state index is 12.4. The van der Waals surface area contributed by atoms with Crippen molar-refractivity contribution < 1.29 is 18.0 Å². The van der Waals surface area contributed by atoms with Crippen LogP contribution in [0.2, 0.25) is 0 Å². The van der Waals surface area contributed by atoms with Gasteiger partial charge in [0, 0.05) is 6.42 Å². The van der Waals surface area contributed by atoms with Crippen molar-refractivity contribution in [1.82, 2.24) is 15.5 Å². The molecule has 2 N–H and O–H groups in total. The van der Waals surface area contributed by atoms with Crippen LogP contribution >= 0.6 is 23.7 Å². The smallest absolute Gasteiger partial charge is 0.316 e. The molecule has 2 heterocycles. The topological polar surface area (TPSA) is 66.9 Å². The van der Waals surface area contributed by atoms with Gasteiger partial charge in [-0.25, -0.2) is 0 Å². The zero-order chi connectivity index (χ0) is 15.5. The van der Waals surface area contributed by atoms with Gasteiger partial charge in [0.25, 0.3) is 0 Å². The molecule has 22 heavy (non-hydrogen) atoms. The van der Waals surface area contributed by atoms with Crippen molar-refractivity contribution in [2.45, 2.75) is 32.4 Å². The first-order valence-corrected chi connectivity index (χ1v) is 7.59. The van der Waals surface area contributed by atoms with Gasteiger partial charge in [-0.1, -0.05) is 18.3 Å². The summed E-state index contributed by atoms with van der Waals surface area (Å²) in [5.74, 6) is 0.274. The summed E-state index contributed by atoms with van der Waals surface area (Å²) >= 11 is 0.339. The number of rotatable bonds is 4. The molecule has 1 aliphatic rings. The van der Waals surface area contributed by atoms with Crippen molar-refractivity contribution in [1.29, 1.82) is 0 Å². The minimum absolute atomic E-state index is 0. The normalized spacial score (nSPS) is 20.1. The second-order valence-electron chi connectivity index (χ2n) is 5.25. The van der Waals surface area contributed by atoms with E-state index < -0.39 is 11.2 Å². The van der Waals surface area contributed by atoms with Crippen LogP contribution in [0.15, 0.2) is 0 Å². The zero-order valence-corrected chi connectivity index (χ0v) is 13.6. The second-order valence-corrected chi connectivity index (χ2v) is 6.22. The molecule has 1 aromatic heterocycles. The van der Waals surface area contributed by atoms with Gasteiger partial charge >= 0.3 is 6.18 Å². The molecular weight excluding hydrogens is 341 g/mol. The number of halogens is 4. The Morgan fingerprint density at radius 2 is 2.23 bits per heavy atom. The summed E-state index contributed by atoms with van der Waals surface area (Å²) in [5, 5.41) is 10.9. The molecule has 5 nitrogen and oxygen atoms in total. The van der Waals surface area contributed by atoms with Crippen LogP contribution < -0.4 is 10.6 Å². The highest BCUT2D eigenvalue weighted by molar-refractivity contribution is 7.15. The third-order valence-corrected chi connectivity index (χ3v) is 4.44. The SMILES string of the molecule is CC(CC(=O)Nc1nnc(C(F)(F)F)s1)C1CCCNC1.Cl. The van der Waals surface area contributed by atoms with Crippen LogP contribution in [0.4, 0.5) is 18.3 Å². The van der Waals surface area contributed by atoms with E-state index in [1.807, 2.05) is 6.92 Å². The molecule has 1 aliphatic heterocycles. The van der Waals surface area contributed by atoms with Crippen LogP contribution in [-0.2, 0) is 11.0 Å². The second kappa shape index (κ2) is 8.07. The molecule has 0 radical (unpaired) electrons. The molecule has 2 unspecified atom stereocenters. The molecule has 0 bridgehead atoms. The summed E-state index contributed by atoms with van der Waals surface area (Å²) in [6, 6.07) is 0. The summed E-state index contributed by atoms with van der Waals surface area (Å²) < 4.78 is 37.1. The number of aromatic nitrogens is 2. The third-order valence-electron chi connectivity index (χ3n) is 3.56. The van der Waals surface area contributed by atoms with Gasteiger partial charge in [0.05, 0.1) is 0 Å². The number of hydrogen-bond donors (Lipinski definition) is 2. The van der Waals surface area contributed by atoms with Crippen molar-refractivity contribution in [3.8, 4) is 0 Å². The number of amides is 1. The first kappa shape index (κ1) is 19.1. The third kappa shape index (κ3) is 5.36. The lowest BCUT2D eigenvalue weighted by molar-refractivity contribution is -0.138. The summed E-state index contributed by atoms with van der Waals surface area (Å²) in [5.41, 5.74) is 0. The molecule has 1 amide bonds. The van der Waals surface area contributed by atoms with Crippen LogP contribution in [0.5, 0.6) is 0 Å². The van der Waals surface area contributed by atoms with E-state index in [0.29, 0.717) is 17.3 Å². The Morgan fingerprint density at radius 1 is 1.50 bits per heavy atom. The molecule has 0 aliphatic carbocycles. The number of hydrogen-bond acceptors (Lipinski definition) is 5. The fourth-order valence-electron chi connectivity index (χ4n) is 2.38. The van der Waals surface area contributed by atoms with E-state index in [-0.39, 0.29) is 35.8 Å². The number of piperidine rings is 1. The van der Waals surface area contributed by atoms with E-state index >= 15 is 0 Å². The fourth-order valence-corrected chi connectivity index (χ4v) is 3.01. The highest BCUT2D eigenvalue weighted by Crippen LogP contribution is 2.33. The highest BCUT2D eigenvalue weighted by atomic mass is 35.5. The van der Waals surface area contributed by atoms with E-state index in [1.54, 1.807) is 0 Å². The van der Waals surface area contributed by atoms with E-state index in [2.05, 4.69) is 20.8 Å². The molecular formula is C12H18ClF3N4OS. The Morgan fingerprint density at radius 3 is 2.77 bits per heavy atom.